The average Bonchev–Trinajstić information content (AvgIpc) is 2.93. The molecule has 146 valence electrons. The molecule has 6 nitrogen and oxygen atoms in total. The third kappa shape index (κ3) is 4.54. The minimum absolute atomic E-state index is 0.211. The smallest absolute Gasteiger partial charge is 0.329 e. The Labute approximate surface area is 172 Å². The van der Waals surface area contributed by atoms with Crippen LogP contribution in [0, 0.1) is 0 Å². The highest BCUT2D eigenvalue weighted by Crippen LogP contribution is 2.30. The van der Waals surface area contributed by atoms with E-state index in [2.05, 4.69) is 21.2 Å². The van der Waals surface area contributed by atoms with Gasteiger partial charge in [-0.3, -0.25) is 9.69 Å². The number of carbonyl (C=O) groups excluding carboxylic acids is 2. The number of halogens is 1. The second-order valence-electron chi connectivity index (χ2n) is 6.08. The Kier molecular flexibility index (Phi) is 6.36. The number of hydrogen-bond donors (Lipinski definition) is 1. The van der Waals surface area contributed by atoms with Gasteiger partial charge in [-0.1, -0.05) is 34.1 Å². The van der Waals surface area contributed by atoms with Gasteiger partial charge in [0.25, 0.3) is 5.91 Å². The van der Waals surface area contributed by atoms with Crippen molar-refractivity contribution in [2.24, 2.45) is 0 Å². The summed E-state index contributed by atoms with van der Waals surface area (Å²) in [6, 6.07) is 12.5. The van der Waals surface area contributed by atoms with Crippen molar-refractivity contribution in [1.82, 2.24) is 10.2 Å². The van der Waals surface area contributed by atoms with Gasteiger partial charge >= 0.3 is 6.03 Å². The number of carbonyl (C=O) groups is 2. The highest BCUT2D eigenvalue weighted by molar-refractivity contribution is 9.10. The molecule has 0 atom stereocenters. The summed E-state index contributed by atoms with van der Waals surface area (Å²) in [5.41, 5.74) is 1.84. The van der Waals surface area contributed by atoms with E-state index in [4.69, 9.17) is 9.47 Å². The van der Waals surface area contributed by atoms with Gasteiger partial charge in [-0.25, -0.2) is 4.79 Å². The molecule has 3 rings (SSSR count). The van der Waals surface area contributed by atoms with E-state index in [1.807, 2.05) is 44.2 Å². The Morgan fingerprint density at radius 2 is 1.68 bits per heavy atom. The Hall–Kier alpha value is -2.80. The molecule has 0 saturated carbocycles. The third-order valence-corrected chi connectivity index (χ3v) is 4.62. The van der Waals surface area contributed by atoms with Gasteiger partial charge in [0.05, 0.1) is 19.8 Å². The van der Waals surface area contributed by atoms with Gasteiger partial charge in [0, 0.05) is 4.47 Å². The zero-order valence-electron chi connectivity index (χ0n) is 15.7. The quantitative estimate of drug-likeness (QED) is 0.509. The van der Waals surface area contributed by atoms with E-state index in [9.17, 15) is 9.59 Å². The van der Waals surface area contributed by atoms with Crippen molar-refractivity contribution < 1.29 is 19.1 Å². The Morgan fingerprint density at radius 3 is 2.36 bits per heavy atom. The zero-order chi connectivity index (χ0) is 20.1. The number of ether oxygens (including phenoxy) is 2. The van der Waals surface area contributed by atoms with Gasteiger partial charge in [0.15, 0.2) is 11.5 Å². The van der Waals surface area contributed by atoms with Crippen LogP contribution in [-0.2, 0) is 11.3 Å². The first kappa shape index (κ1) is 19.9. The maximum absolute atomic E-state index is 12.7. The van der Waals surface area contributed by atoms with Crippen LogP contribution in [0.1, 0.15) is 25.0 Å². The summed E-state index contributed by atoms with van der Waals surface area (Å²) in [4.78, 5) is 26.1. The van der Waals surface area contributed by atoms with E-state index in [-0.39, 0.29) is 18.1 Å². The van der Waals surface area contributed by atoms with Crippen LogP contribution in [0.2, 0.25) is 0 Å². The lowest BCUT2D eigenvalue weighted by Gasteiger charge is -2.12. The van der Waals surface area contributed by atoms with Crippen molar-refractivity contribution in [3.63, 3.8) is 0 Å². The van der Waals surface area contributed by atoms with Gasteiger partial charge in [0.2, 0.25) is 0 Å². The molecule has 1 aliphatic rings. The number of hydrogen-bond acceptors (Lipinski definition) is 4. The molecule has 2 aromatic rings. The summed E-state index contributed by atoms with van der Waals surface area (Å²) < 4.78 is 12.1. The van der Waals surface area contributed by atoms with E-state index >= 15 is 0 Å². The molecule has 0 bridgehead atoms. The zero-order valence-corrected chi connectivity index (χ0v) is 17.3. The van der Waals surface area contributed by atoms with Crippen LogP contribution in [-0.4, -0.2) is 30.1 Å². The monoisotopic (exact) mass is 444 g/mol. The van der Waals surface area contributed by atoms with Gasteiger partial charge in [-0.05, 0) is 55.3 Å². The van der Waals surface area contributed by atoms with Crippen LogP contribution in [0.3, 0.4) is 0 Å². The summed E-state index contributed by atoms with van der Waals surface area (Å²) in [5.74, 6) is 0.882. The SMILES string of the molecule is CCOc1ccc(C=C2NC(=O)N(Cc3ccc(Br)cc3)C2=O)cc1OCC. The molecule has 1 aliphatic heterocycles. The number of urea groups is 1. The lowest BCUT2D eigenvalue weighted by atomic mass is 10.1. The van der Waals surface area contributed by atoms with Crippen molar-refractivity contribution in [2.75, 3.05) is 13.2 Å². The molecule has 28 heavy (non-hydrogen) atoms. The maximum atomic E-state index is 12.7. The highest BCUT2D eigenvalue weighted by Gasteiger charge is 2.33. The van der Waals surface area contributed by atoms with E-state index in [1.165, 1.54) is 4.90 Å². The van der Waals surface area contributed by atoms with Crippen LogP contribution < -0.4 is 14.8 Å². The Balaban J connectivity index is 1.81. The summed E-state index contributed by atoms with van der Waals surface area (Å²) in [6.45, 7) is 5.03. The van der Waals surface area contributed by atoms with Gasteiger partial charge in [0.1, 0.15) is 5.70 Å². The number of benzene rings is 2. The molecule has 0 aromatic heterocycles. The molecule has 1 heterocycles. The van der Waals surface area contributed by atoms with Gasteiger partial charge in [-0.2, -0.15) is 0 Å². The highest BCUT2D eigenvalue weighted by atomic mass is 79.9. The second-order valence-corrected chi connectivity index (χ2v) is 6.99. The molecule has 0 unspecified atom stereocenters. The predicted molar refractivity (Wildman–Crippen MR) is 110 cm³/mol. The molecule has 2 aromatic carbocycles. The van der Waals surface area contributed by atoms with Gasteiger partial charge < -0.3 is 14.8 Å². The minimum atomic E-state index is -0.435. The summed E-state index contributed by atoms with van der Waals surface area (Å²) in [5, 5.41) is 2.64. The molecular formula is C21H21BrN2O4. The summed E-state index contributed by atoms with van der Waals surface area (Å²) >= 11 is 3.37. The predicted octanol–water partition coefficient (Wildman–Crippen LogP) is 4.34. The number of imide groups is 1. The number of rotatable bonds is 7. The molecule has 3 amide bonds. The fourth-order valence-electron chi connectivity index (χ4n) is 2.81. The lowest BCUT2D eigenvalue weighted by Crippen LogP contribution is -2.30. The normalized spacial score (nSPS) is 15.1. The number of amides is 3. The molecule has 1 N–H and O–H groups in total. The van der Waals surface area contributed by atoms with E-state index < -0.39 is 6.03 Å². The van der Waals surface area contributed by atoms with Crippen LogP contribution in [0.25, 0.3) is 6.08 Å². The first-order valence-electron chi connectivity index (χ1n) is 9.00. The van der Waals surface area contributed by atoms with Gasteiger partial charge in [-0.15, -0.1) is 0 Å². The van der Waals surface area contributed by atoms with E-state index in [0.29, 0.717) is 24.7 Å². The van der Waals surface area contributed by atoms with Crippen LogP contribution in [0.4, 0.5) is 4.79 Å². The van der Waals surface area contributed by atoms with Crippen molar-refractivity contribution in [2.45, 2.75) is 20.4 Å². The molecule has 1 fully saturated rings. The Morgan fingerprint density at radius 1 is 1.00 bits per heavy atom. The molecular weight excluding hydrogens is 424 g/mol. The summed E-state index contributed by atoms with van der Waals surface area (Å²) in [7, 11) is 0. The third-order valence-electron chi connectivity index (χ3n) is 4.09. The van der Waals surface area contributed by atoms with E-state index in [0.717, 1.165) is 15.6 Å². The molecule has 0 aliphatic carbocycles. The number of nitrogens with one attached hydrogen (secondary N) is 1. The van der Waals surface area contributed by atoms with E-state index in [1.54, 1.807) is 18.2 Å². The topological polar surface area (TPSA) is 67.9 Å². The van der Waals surface area contributed by atoms with Crippen LogP contribution in [0.15, 0.2) is 52.6 Å². The molecule has 0 spiro atoms. The average molecular weight is 445 g/mol. The van der Waals surface area contributed by atoms with Crippen molar-refractivity contribution in [3.05, 3.63) is 63.8 Å². The Bertz CT molecular complexity index is 909. The van der Waals surface area contributed by atoms with Crippen molar-refractivity contribution in [1.29, 1.82) is 0 Å². The molecule has 1 saturated heterocycles. The second kappa shape index (κ2) is 8.93. The molecule has 7 heteroatoms. The van der Waals surface area contributed by atoms with Crippen molar-refractivity contribution >= 4 is 33.9 Å². The number of nitrogens with zero attached hydrogens (tertiary/aromatic N) is 1. The largest absolute Gasteiger partial charge is 0.490 e. The molecule has 0 radical (unpaired) electrons. The first-order valence-corrected chi connectivity index (χ1v) is 9.79. The van der Waals surface area contributed by atoms with Crippen LogP contribution in [0.5, 0.6) is 11.5 Å². The standard InChI is InChI=1S/C21H21BrN2O4/c1-3-27-18-10-7-15(12-19(18)28-4-2)11-17-20(25)24(21(26)23-17)13-14-5-8-16(22)9-6-14/h5-12H,3-4,13H2,1-2H3,(H,23,26). The van der Waals surface area contributed by atoms with Crippen LogP contribution >= 0.6 is 15.9 Å². The van der Waals surface area contributed by atoms with Crippen molar-refractivity contribution in [3.8, 4) is 11.5 Å². The first-order chi connectivity index (χ1) is 13.5. The fourth-order valence-corrected chi connectivity index (χ4v) is 3.08. The lowest BCUT2D eigenvalue weighted by molar-refractivity contribution is -0.123. The fraction of sp³-hybridized carbons (Fsp3) is 0.238. The maximum Gasteiger partial charge on any atom is 0.329 e. The summed E-state index contributed by atoms with van der Waals surface area (Å²) in [6.07, 6.45) is 1.64. The minimum Gasteiger partial charge on any atom is -0.490 e.